The van der Waals surface area contributed by atoms with Crippen LogP contribution in [-0.2, 0) is 4.79 Å². The largest absolute Gasteiger partial charge is 0.481 e. The molecule has 2 rings (SSSR count). The van der Waals surface area contributed by atoms with Crippen LogP contribution in [0.25, 0.3) is 0 Å². The minimum atomic E-state index is -0.823. The summed E-state index contributed by atoms with van der Waals surface area (Å²) >= 11 is 0. The molecule has 1 heterocycles. The van der Waals surface area contributed by atoms with Gasteiger partial charge in [0.05, 0.1) is 12.0 Å². The zero-order valence-corrected chi connectivity index (χ0v) is 9.76. The molecular formula is C12H18N2O3. The molecule has 0 radical (unpaired) electrons. The van der Waals surface area contributed by atoms with Gasteiger partial charge in [0, 0.05) is 13.1 Å². The van der Waals surface area contributed by atoms with Crippen molar-refractivity contribution in [3.05, 3.63) is 12.2 Å². The third kappa shape index (κ3) is 2.99. The second kappa shape index (κ2) is 5.21. The molecule has 0 saturated carbocycles. The van der Waals surface area contributed by atoms with Crippen molar-refractivity contribution in [3.8, 4) is 0 Å². The molecule has 0 aromatic rings. The lowest BCUT2D eigenvalue weighted by Crippen LogP contribution is -2.46. The van der Waals surface area contributed by atoms with E-state index in [0.717, 1.165) is 25.9 Å². The van der Waals surface area contributed by atoms with Crippen LogP contribution in [0.1, 0.15) is 25.7 Å². The highest BCUT2D eigenvalue weighted by Crippen LogP contribution is 2.18. The van der Waals surface area contributed by atoms with Gasteiger partial charge in [0.2, 0.25) is 0 Å². The Hall–Kier alpha value is -1.52. The Balaban J connectivity index is 1.80. The molecule has 5 nitrogen and oxygen atoms in total. The number of nitrogens with one attached hydrogen (secondary N) is 1. The van der Waals surface area contributed by atoms with Gasteiger partial charge in [-0.3, -0.25) is 4.79 Å². The van der Waals surface area contributed by atoms with E-state index in [1.807, 2.05) is 4.90 Å². The normalized spacial score (nSPS) is 28.1. The average molecular weight is 238 g/mol. The Kier molecular flexibility index (Phi) is 3.66. The number of carboxylic acid groups (broad SMARTS) is 1. The molecular weight excluding hydrogens is 220 g/mol. The number of amides is 2. The maximum Gasteiger partial charge on any atom is 0.317 e. The van der Waals surface area contributed by atoms with Crippen LogP contribution in [-0.4, -0.2) is 41.1 Å². The number of nitrogens with zero attached hydrogens (tertiary/aromatic N) is 1. The Morgan fingerprint density at radius 1 is 1.18 bits per heavy atom. The predicted molar refractivity (Wildman–Crippen MR) is 62.6 cm³/mol. The molecule has 94 valence electrons. The lowest BCUT2D eigenvalue weighted by molar-refractivity contribution is -0.140. The first kappa shape index (κ1) is 12.0. The molecule has 1 aliphatic heterocycles. The van der Waals surface area contributed by atoms with Crippen molar-refractivity contribution in [1.82, 2.24) is 10.2 Å². The number of carbonyl (C=O) groups excluding carboxylic acids is 1. The number of carboxylic acids is 1. The molecule has 1 fully saturated rings. The Morgan fingerprint density at radius 3 is 2.47 bits per heavy atom. The van der Waals surface area contributed by atoms with Gasteiger partial charge in [0.25, 0.3) is 0 Å². The van der Waals surface area contributed by atoms with E-state index in [1.54, 1.807) is 12.2 Å². The van der Waals surface area contributed by atoms with Crippen LogP contribution in [0.5, 0.6) is 0 Å². The van der Waals surface area contributed by atoms with Crippen molar-refractivity contribution in [2.24, 2.45) is 5.92 Å². The molecule has 1 aliphatic carbocycles. The number of hydrogen-bond acceptors (Lipinski definition) is 2. The third-order valence-corrected chi connectivity index (χ3v) is 3.35. The Morgan fingerprint density at radius 2 is 1.88 bits per heavy atom. The predicted octanol–water partition coefficient (Wildman–Crippen LogP) is 1.21. The monoisotopic (exact) mass is 238 g/mol. The number of piperidine rings is 1. The minimum Gasteiger partial charge on any atom is -0.481 e. The summed E-state index contributed by atoms with van der Waals surface area (Å²) in [6, 6.07) is -0.198. The van der Waals surface area contributed by atoms with Crippen LogP contribution in [0.4, 0.5) is 4.79 Å². The molecule has 2 aliphatic rings. The van der Waals surface area contributed by atoms with E-state index in [1.165, 1.54) is 6.42 Å². The summed E-state index contributed by atoms with van der Waals surface area (Å²) in [5, 5.41) is 11.7. The highest BCUT2D eigenvalue weighted by molar-refractivity contribution is 5.76. The standard InChI is InChI=1S/C12H18N2O3/c15-11(16)9-4-5-10(8-9)13-12(17)14-6-2-1-3-7-14/h4-5,9-10H,1-3,6-8H2,(H,13,17)(H,15,16). The topological polar surface area (TPSA) is 69.6 Å². The van der Waals surface area contributed by atoms with Crippen molar-refractivity contribution < 1.29 is 14.7 Å². The van der Waals surface area contributed by atoms with Crippen molar-refractivity contribution in [2.45, 2.75) is 31.7 Å². The Labute approximate surface area is 100 Å². The van der Waals surface area contributed by atoms with E-state index in [9.17, 15) is 9.59 Å². The number of carbonyl (C=O) groups is 2. The number of aliphatic carboxylic acids is 1. The molecule has 0 spiro atoms. The number of rotatable bonds is 2. The van der Waals surface area contributed by atoms with Crippen molar-refractivity contribution in [3.63, 3.8) is 0 Å². The molecule has 0 aromatic carbocycles. The first-order valence-corrected chi connectivity index (χ1v) is 6.13. The molecule has 1 saturated heterocycles. The van der Waals surface area contributed by atoms with Gasteiger partial charge in [-0.15, -0.1) is 0 Å². The summed E-state index contributed by atoms with van der Waals surface area (Å²) in [6.45, 7) is 1.62. The SMILES string of the molecule is O=C(O)C1C=CC(NC(=O)N2CCCCC2)C1. The fourth-order valence-electron chi connectivity index (χ4n) is 2.34. The Bertz CT molecular complexity index is 335. The van der Waals surface area contributed by atoms with Gasteiger partial charge in [-0.2, -0.15) is 0 Å². The van der Waals surface area contributed by atoms with Gasteiger partial charge < -0.3 is 15.3 Å². The highest BCUT2D eigenvalue weighted by atomic mass is 16.4. The number of likely N-dealkylation sites (tertiary alicyclic amines) is 1. The second-order valence-electron chi connectivity index (χ2n) is 4.67. The van der Waals surface area contributed by atoms with Crippen LogP contribution in [0.2, 0.25) is 0 Å². The van der Waals surface area contributed by atoms with E-state index in [2.05, 4.69) is 5.32 Å². The maximum atomic E-state index is 11.9. The quantitative estimate of drug-likeness (QED) is 0.710. The molecule has 0 bridgehead atoms. The molecule has 0 aromatic heterocycles. The summed E-state index contributed by atoms with van der Waals surface area (Å²) in [4.78, 5) is 24.4. The number of urea groups is 1. The van der Waals surface area contributed by atoms with Gasteiger partial charge >= 0.3 is 12.0 Å². The summed E-state index contributed by atoms with van der Waals surface area (Å²) in [5.74, 6) is -1.28. The van der Waals surface area contributed by atoms with E-state index >= 15 is 0 Å². The molecule has 2 atom stereocenters. The van der Waals surface area contributed by atoms with E-state index in [4.69, 9.17) is 5.11 Å². The molecule has 17 heavy (non-hydrogen) atoms. The van der Waals surface area contributed by atoms with Gasteiger partial charge in [-0.05, 0) is 25.7 Å². The van der Waals surface area contributed by atoms with Crippen LogP contribution >= 0.6 is 0 Å². The lowest BCUT2D eigenvalue weighted by atomic mass is 10.1. The van der Waals surface area contributed by atoms with Crippen molar-refractivity contribution in [2.75, 3.05) is 13.1 Å². The average Bonchev–Trinajstić information content (AvgIpc) is 2.79. The summed E-state index contributed by atoms with van der Waals surface area (Å²) < 4.78 is 0. The zero-order valence-electron chi connectivity index (χ0n) is 9.76. The van der Waals surface area contributed by atoms with E-state index in [0.29, 0.717) is 6.42 Å². The van der Waals surface area contributed by atoms with E-state index < -0.39 is 11.9 Å². The molecule has 2 N–H and O–H groups in total. The van der Waals surface area contributed by atoms with Gasteiger partial charge in [-0.25, -0.2) is 4.79 Å². The lowest BCUT2D eigenvalue weighted by Gasteiger charge is -2.28. The molecule has 2 unspecified atom stereocenters. The summed E-state index contributed by atoms with van der Waals surface area (Å²) in [5.41, 5.74) is 0. The van der Waals surface area contributed by atoms with Crippen LogP contribution in [0, 0.1) is 5.92 Å². The van der Waals surface area contributed by atoms with Gasteiger partial charge in [0.1, 0.15) is 0 Å². The first-order valence-electron chi connectivity index (χ1n) is 6.13. The smallest absolute Gasteiger partial charge is 0.317 e. The van der Waals surface area contributed by atoms with Gasteiger partial charge in [0.15, 0.2) is 0 Å². The van der Waals surface area contributed by atoms with Crippen LogP contribution < -0.4 is 5.32 Å². The van der Waals surface area contributed by atoms with E-state index in [-0.39, 0.29) is 12.1 Å². The van der Waals surface area contributed by atoms with Crippen LogP contribution in [0.3, 0.4) is 0 Å². The van der Waals surface area contributed by atoms with Crippen molar-refractivity contribution >= 4 is 12.0 Å². The fourth-order valence-corrected chi connectivity index (χ4v) is 2.34. The summed E-state index contributed by atoms with van der Waals surface area (Å²) in [6.07, 6.45) is 7.21. The van der Waals surface area contributed by atoms with Crippen LogP contribution in [0.15, 0.2) is 12.2 Å². The maximum absolute atomic E-state index is 11.9. The minimum absolute atomic E-state index is 0.0645. The fraction of sp³-hybridized carbons (Fsp3) is 0.667. The van der Waals surface area contributed by atoms with Crippen molar-refractivity contribution in [1.29, 1.82) is 0 Å². The summed E-state index contributed by atoms with van der Waals surface area (Å²) in [7, 11) is 0. The molecule has 2 amide bonds. The third-order valence-electron chi connectivity index (χ3n) is 3.35. The van der Waals surface area contributed by atoms with Gasteiger partial charge in [-0.1, -0.05) is 12.2 Å². The number of hydrogen-bond donors (Lipinski definition) is 2. The molecule has 5 heteroatoms. The highest BCUT2D eigenvalue weighted by Gasteiger charge is 2.26. The second-order valence-corrected chi connectivity index (χ2v) is 4.67. The zero-order chi connectivity index (χ0) is 12.3. The first-order chi connectivity index (χ1) is 8.16.